The molecule has 0 bridgehead atoms. The molecule has 0 fully saturated rings. The van der Waals surface area contributed by atoms with E-state index in [1.807, 2.05) is 31.6 Å². The fourth-order valence-corrected chi connectivity index (χ4v) is 3.42. The molecule has 11 heteroatoms. The van der Waals surface area contributed by atoms with Gasteiger partial charge in [0.15, 0.2) is 0 Å². The maximum absolute atomic E-state index is 12.8. The molecule has 0 saturated carbocycles. The number of fused-ring (bicyclic) bond motifs is 2. The number of nitrogens with zero attached hydrogens (tertiary/aromatic N) is 6. The average Bonchev–Trinajstić information content (AvgIpc) is 3.44. The molecule has 2 N–H and O–H groups in total. The first kappa shape index (κ1) is 19.1. The van der Waals surface area contributed by atoms with Crippen LogP contribution in [0, 0.1) is 0 Å². The summed E-state index contributed by atoms with van der Waals surface area (Å²) in [6.07, 6.45) is 6.23. The van der Waals surface area contributed by atoms with Crippen LogP contribution in [-0.2, 0) is 7.05 Å². The number of H-pyrrole nitrogens is 1. The Labute approximate surface area is 173 Å². The first-order valence-electron chi connectivity index (χ1n) is 9.44. The normalized spacial score (nSPS) is 13.2. The van der Waals surface area contributed by atoms with Crippen molar-refractivity contribution >= 4 is 22.5 Å². The van der Waals surface area contributed by atoms with Crippen LogP contribution in [0.1, 0.15) is 6.92 Å². The summed E-state index contributed by atoms with van der Waals surface area (Å²) in [6, 6.07) is 2.15. The molecule has 0 saturated heterocycles. The third-order valence-corrected chi connectivity index (χ3v) is 5.12. The number of aromatic nitrogens is 7. The number of rotatable bonds is 4. The Balaban J connectivity index is 1.53. The van der Waals surface area contributed by atoms with Crippen molar-refractivity contribution in [1.29, 1.82) is 0 Å². The lowest BCUT2D eigenvalue weighted by atomic mass is 10.1. The van der Waals surface area contributed by atoms with E-state index in [1.165, 1.54) is 6.20 Å². The van der Waals surface area contributed by atoms with E-state index in [-0.39, 0.29) is 5.95 Å². The molecule has 8 nitrogen and oxygen atoms in total. The van der Waals surface area contributed by atoms with Gasteiger partial charge in [0.25, 0.3) is 0 Å². The Kier molecular flexibility index (Phi) is 4.20. The van der Waals surface area contributed by atoms with E-state index in [2.05, 4.69) is 30.5 Å². The van der Waals surface area contributed by atoms with Gasteiger partial charge in [-0.2, -0.15) is 28.4 Å². The average molecular weight is 426 g/mol. The van der Waals surface area contributed by atoms with Gasteiger partial charge in [0.1, 0.15) is 11.7 Å². The molecule has 0 radical (unpaired) electrons. The standard InChI is InChI=1S/C20H17F3N8/c1-11(20(21,22)23)28-19-25-8-16-14(7-24-18(16)29-19)12-3-4-31-17(5-12)15(9-27-31)13-6-26-30(2)10-13/h3-11H,1-2H3,(H2,24,25,28,29)/t11-/m1/s1. The van der Waals surface area contributed by atoms with Gasteiger partial charge in [-0.05, 0) is 24.6 Å². The monoisotopic (exact) mass is 426 g/mol. The molecular formula is C20H17F3N8. The Hall–Kier alpha value is -3.89. The van der Waals surface area contributed by atoms with E-state index < -0.39 is 12.2 Å². The van der Waals surface area contributed by atoms with Crippen LogP contribution in [0.4, 0.5) is 19.1 Å². The number of anilines is 1. The van der Waals surface area contributed by atoms with Crippen LogP contribution in [0.15, 0.2) is 49.3 Å². The Morgan fingerprint density at radius 1 is 1.10 bits per heavy atom. The minimum Gasteiger partial charge on any atom is -0.345 e. The minimum atomic E-state index is -4.38. The third-order valence-electron chi connectivity index (χ3n) is 5.12. The predicted molar refractivity (Wildman–Crippen MR) is 109 cm³/mol. The Bertz CT molecular complexity index is 1390. The topological polar surface area (TPSA) is 88.7 Å². The number of aromatic amines is 1. The van der Waals surface area contributed by atoms with Crippen molar-refractivity contribution < 1.29 is 13.2 Å². The van der Waals surface area contributed by atoms with Crippen molar-refractivity contribution in [2.75, 3.05) is 5.32 Å². The molecule has 31 heavy (non-hydrogen) atoms. The minimum absolute atomic E-state index is 0.0872. The van der Waals surface area contributed by atoms with Crippen LogP contribution in [0.2, 0.25) is 0 Å². The van der Waals surface area contributed by atoms with Gasteiger partial charge in [-0.3, -0.25) is 4.68 Å². The summed E-state index contributed by atoms with van der Waals surface area (Å²) in [5, 5.41) is 11.6. The SMILES string of the molecule is C[C@@H](Nc1ncc2c(-c3ccn4ncc(-c5cnn(C)c5)c4c3)c[nH]c2n1)C(F)(F)F. The molecule has 0 aliphatic rings. The highest BCUT2D eigenvalue weighted by molar-refractivity contribution is 5.95. The van der Waals surface area contributed by atoms with Crippen molar-refractivity contribution in [3.63, 3.8) is 0 Å². The van der Waals surface area contributed by atoms with Crippen LogP contribution >= 0.6 is 0 Å². The summed E-state index contributed by atoms with van der Waals surface area (Å²) in [4.78, 5) is 11.3. The smallest absolute Gasteiger partial charge is 0.345 e. The van der Waals surface area contributed by atoms with Crippen LogP contribution < -0.4 is 5.32 Å². The molecular weight excluding hydrogens is 409 g/mol. The lowest BCUT2D eigenvalue weighted by Crippen LogP contribution is -2.33. The van der Waals surface area contributed by atoms with Crippen molar-refractivity contribution in [3.05, 3.63) is 49.3 Å². The van der Waals surface area contributed by atoms with Crippen LogP contribution in [0.5, 0.6) is 0 Å². The molecule has 0 aliphatic heterocycles. The second-order valence-corrected chi connectivity index (χ2v) is 7.27. The van der Waals surface area contributed by atoms with E-state index in [0.29, 0.717) is 11.0 Å². The zero-order chi connectivity index (χ0) is 21.8. The van der Waals surface area contributed by atoms with Gasteiger partial charge < -0.3 is 10.3 Å². The summed E-state index contributed by atoms with van der Waals surface area (Å²) in [6.45, 7) is 1.02. The molecule has 5 aromatic rings. The van der Waals surface area contributed by atoms with Gasteiger partial charge in [-0.15, -0.1) is 0 Å². The van der Waals surface area contributed by atoms with Gasteiger partial charge in [0, 0.05) is 53.9 Å². The van der Waals surface area contributed by atoms with Crippen molar-refractivity contribution in [2.45, 2.75) is 19.1 Å². The van der Waals surface area contributed by atoms with E-state index in [0.717, 1.165) is 34.7 Å². The second kappa shape index (κ2) is 6.83. The zero-order valence-electron chi connectivity index (χ0n) is 16.5. The van der Waals surface area contributed by atoms with Gasteiger partial charge in [0.05, 0.1) is 17.9 Å². The first-order chi connectivity index (χ1) is 14.8. The molecule has 0 spiro atoms. The molecule has 0 unspecified atom stereocenters. The van der Waals surface area contributed by atoms with Crippen molar-refractivity contribution in [1.82, 2.24) is 34.3 Å². The lowest BCUT2D eigenvalue weighted by molar-refractivity contribution is -0.138. The van der Waals surface area contributed by atoms with Crippen LogP contribution in [0.25, 0.3) is 38.8 Å². The fourth-order valence-electron chi connectivity index (χ4n) is 3.42. The lowest BCUT2D eigenvalue weighted by Gasteiger charge is -2.16. The summed E-state index contributed by atoms with van der Waals surface area (Å²) in [5.74, 6) is -0.0872. The van der Waals surface area contributed by atoms with Gasteiger partial charge in [0.2, 0.25) is 5.95 Å². The molecule has 0 aliphatic carbocycles. The first-order valence-corrected chi connectivity index (χ1v) is 9.44. The van der Waals surface area contributed by atoms with E-state index in [1.54, 1.807) is 27.8 Å². The van der Waals surface area contributed by atoms with E-state index in [9.17, 15) is 13.2 Å². The summed E-state index contributed by atoms with van der Waals surface area (Å²) in [5.41, 5.74) is 4.98. The number of alkyl halides is 3. The van der Waals surface area contributed by atoms with Crippen LogP contribution in [-0.4, -0.2) is 46.6 Å². The fraction of sp³-hybridized carbons (Fsp3) is 0.200. The second-order valence-electron chi connectivity index (χ2n) is 7.27. The quantitative estimate of drug-likeness (QED) is 0.453. The highest BCUT2D eigenvalue weighted by Gasteiger charge is 2.36. The number of halogens is 3. The zero-order valence-corrected chi connectivity index (χ0v) is 16.5. The molecule has 5 aromatic heterocycles. The maximum Gasteiger partial charge on any atom is 0.408 e. The number of aryl methyl sites for hydroxylation is 1. The number of pyridine rings is 1. The van der Waals surface area contributed by atoms with E-state index in [4.69, 9.17) is 0 Å². The third kappa shape index (κ3) is 3.37. The molecule has 5 rings (SSSR count). The number of hydrogen-bond acceptors (Lipinski definition) is 5. The van der Waals surface area contributed by atoms with Gasteiger partial charge in [-0.1, -0.05) is 0 Å². The number of nitrogens with one attached hydrogen (secondary N) is 2. The van der Waals surface area contributed by atoms with Crippen molar-refractivity contribution in [3.8, 4) is 22.3 Å². The van der Waals surface area contributed by atoms with Gasteiger partial charge >= 0.3 is 6.18 Å². The largest absolute Gasteiger partial charge is 0.408 e. The predicted octanol–water partition coefficient (Wildman–Crippen LogP) is 4.04. The summed E-state index contributed by atoms with van der Waals surface area (Å²) < 4.78 is 41.9. The molecule has 0 aromatic carbocycles. The Morgan fingerprint density at radius 3 is 2.68 bits per heavy atom. The van der Waals surface area contributed by atoms with Gasteiger partial charge in [-0.25, -0.2) is 9.50 Å². The highest BCUT2D eigenvalue weighted by atomic mass is 19.4. The molecule has 158 valence electrons. The molecule has 5 heterocycles. The molecule has 1 atom stereocenters. The maximum atomic E-state index is 12.8. The summed E-state index contributed by atoms with van der Waals surface area (Å²) in [7, 11) is 1.85. The Morgan fingerprint density at radius 2 is 1.94 bits per heavy atom. The summed E-state index contributed by atoms with van der Waals surface area (Å²) >= 11 is 0. The number of hydrogen-bond donors (Lipinski definition) is 2. The van der Waals surface area contributed by atoms with Crippen molar-refractivity contribution in [2.24, 2.45) is 7.05 Å². The molecule has 0 amide bonds. The van der Waals surface area contributed by atoms with Crippen LogP contribution in [0.3, 0.4) is 0 Å². The van der Waals surface area contributed by atoms with E-state index >= 15 is 0 Å². The highest BCUT2D eigenvalue weighted by Crippen LogP contribution is 2.32.